The van der Waals surface area contributed by atoms with Crippen molar-refractivity contribution in [2.75, 3.05) is 75.6 Å². The molecule has 11 rings (SSSR count). The molecule has 0 saturated carbocycles. The topological polar surface area (TPSA) is 119 Å². The van der Waals surface area contributed by atoms with Crippen molar-refractivity contribution in [2.45, 2.75) is 53.0 Å². The van der Waals surface area contributed by atoms with Gasteiger partial charge in [-0.05, 0) is 63.1 Å². The number of aliphatic hydroxyl groups is 1. The van der Waals surface area contributed by atoms with Crippen LogP contribution in [0.4, 0.5) is 11.4 Å². The molecule has 9 heterocycles. The van der Waals surface area contributed by atoms with E-state index in [-0.39, 0.29) is 18.8 Å². The predicted octanol–water partition coefficient (Wildman–Crippen LogP) is 8.28. The fourth-order valence-corrected chi connectivity index (χ4v) is 12.0. The zero-order valence-electron chi connectivity index (χ0n) is 37.2. The normalized spacial score (nSPS) is 18.7. The molecule has 0 amide bonds. The van der Waals surface area contributed by atoms with E-state index in [9.17, 15) is 5.11 Å². The molecule has 1 N–H and O–H groups in total. The number of hydrogen-bond acceptors (Lipinski definition) is 13. The molecule has 65 heavy (non-hydrogen) atoms. The minimum atomic E-state index is -0.0996. The third-order valence-electron chi connectivity index (χ3n) is 13.1. The van der Waals surface area contributed by atoms with E-state index in [0.29, 0.717) is 39.6 Å². The van der Waals surface area contributed by atoms with Gasteiger partial charge in [-0.25, -0.2) is 19.3 Å². The van der Waals surface area contributed by atoms with Crippen molar-refractivity contribution in [1.82, 2.24) is 34.4 Å². The van der Waals surface area contributed by atoms with Gasteiger partial charge in [0, 0.05) is 84.7 Å². The maximum Gasteiger partial charge on any atom is 0.156 e. The number of fused-ring (bicyclic) bond motifs is 2. The average Bonchev–Trinajstić information content (AvgIpc) is 4.16. The van der Waals surface area contributed by atoms with Crippen LogP contribution in [0.25, 0.3) is 54.6 Å². The van der Waals surface area contributed by atoms with Crippen molar-refractivity contribution in [1.29, 1.82) is 0 Å². The number of aromatic nitrogens is 6. The van der Waals surface area contributed by atoms with Gasteiger partial charge in [-0.15, -0.1) is 22.7 Å². The van der Waals surface area contributed by atoms with Gasteiger partial charge in [0.25, 0.3) is 0 Å². The van der Waals surface area contributed by atoms with Gasteiger partial charge in [-0.1, -0.05) is 47.5 Å². The Morgan fingerprint density at radius 2 is 1.22 bits per heavy atom. The first kappa shape index (κ1) is 42.1. The highest BCUT2D eigenvalue weighted by Crippen LogP contribution is 2.41. The predicted molar refractivity (Wildman–Crippen MR) is 259 cm³/mol. The SMILES string of the molecule is Cc1cccc(-c2ccn(-c3cc(N4CCOCC4)c4sc(CN5CCOCC5C5CN(c6cc(-n7ccc(-c8cccc(C)c8)n7)nc7c(C)c(CO)sc67)CCO5)c(C)c4n3)n2)c1. The third kappa shape index (κ3) is 8.13. The van der Waals surface area contributed by atoms with Crippen molar-refractivity contribution in [3.8, 4) is 34.2 Å². The molecule has 334 valence electrons. The Labute approximate surface area is 386 Å². The Balaban J connectivity index is 0.898. The monoisotopic (exact) mass is 907 g/mol. The number of hydrogen-bond donors (Lipinski definition) is 1. The summed E-state index contributed by atoms with van der Waals surface area (Å²) in [6, 6.07) is 25.4. The minimum absolute atomic E-state index is 0.0267. The number of benzene rings is 2. The second-order valence-corrected chi connectivity index (χ2v) is 19.6. The Kier molecular flexibility index (Phi) is 11.5. The molecule has 2 aromatic carbocycles. The summed E-state index contributed by atoms with van der Waals surface area (Å²) in [5.41, 5.74) is 12.8. The van der Waals surface area contributed by atoms with Crippen LogP contribution in [-0.2, 0) is 27.4 Å². The number of aliphatic hydroxyl groups excluding tert-OH is 1. The fourth-order valence-electron chi connectivity index (χ4n) is 9.52. The summed E-state index contributed by atoms with van der Waals surface area (Å²) in [6.45, 7) is 16.4. The Morgan fingerprint density at radius 3 is 1.83 bits per heavy atom. The first-order chi connectivity index (χ1) is 31.8. The average molecular weight is 908 g/mol. The Hall–Kier alpha value is -5.52. The second-order valence-electron chi connectivity index (χ2n) is 17.4. The summed E-state index contributed by atoms with van der Waals surface area (Å²) < 4.78 is 24.8. The van der Waals surface area contributed by atoms with E-state index in [1.807, 2.05) is 39.2 Å². The molecule has 2 atom stereocenters. The van der Waals surface area contributed by atoms with E-state index in [4.69, 9.17) is 34.4 Å². The van der Waals surface area contributed by atoms with Crippen LogP contribution >= 0.6 is 22.7 Å². The molecule has 0 radical (unpaired) electrons. The highest BCUT2D eigenvalue weighted by atomic mass is 32.1. The zero-order chi connectivity index (χ0) is 44.2. The maximum absolute atomic E-state index is 10.4. The number of pyridine rings is 2. The number of rotatable bonds is 10. The van der Waals surface area contributed by atoms with Crippen LogP contribution in [0.1, 0.15) is 32.0 Å². The third-order valence-corrected chi connectivity index (χ3v) is 15.7. The van der Waals surface area contributed by atoms with E-state index >= 15 is 0 Å². The number of morpholine rings is 3. The van der Waals surface area contributed by atoms with Gasteiger partial charge >= 0.3 is 0 Å². The van der Waals surface area contributed by atoms with Crippen LogP contribution in [0, 0.1) is 27.7 Å². The highest BCUT2D eigenvalue weighted by molar-refractivity contribution is 7.20. The van der Waals surface area contributed by atoms with Gasteiger partial charge in [0.15, 0.2) is 11.6 Å². The molecule has 6 aromatic heterocycles. The Bertz CT molecular complexity index is 3020. The lowest BCUT2D eigenvalue weighted by Gasteiger charge is -2.44. The van der Waals surface area contributed by atoms with E-state index in [1.54, 1.807) is 11.3 Å². The van der Waals surface area contributed by atoms with E-state index in [2.05, 4.69) is 109 Å². The molecular weight excluding hydrogens is 855 g/mol. The molecule has 0 bridgehead atoms. The molecule has 3 fully saturated rings. The van der Waals surface area contributed by atoms with Crippen LogP contribution in [0.2, 0.25) is 0 Å². The van der Waals surface area contributed by atoms with Crippen LogP contribution < -0.4 is 9.80 Å². The summed E-state index contributed by atoms with van der Waals surface area (Å²) in [6.07, 6.45) is 3.91. The van der Waals surface area contributed by atoms with Crippen LogP contribution in [-0.4, -0.2) is 117 Å². The summed E-state index contributed by atoms with van der Waals surface area (Å²) in [5.74, 6) is 1.56. The van der Waals surface area contributed by atoms with Gasteiger partial charge in [-0.2, -0.15) is 10.2 Å². The number of aryl methyl sites for hydroxylation is 4. The van der Waals surface area contributed by atoms with Crippen molar-refractivity contribution < 1.29 is 19.3 Å². The molecule has 3 saturated heterocycles. The summed E-state index contributed by atoms with van der Waals surface area (Å²) >= 11 is 3.48. The van der Waals surface area contributed by atoms with E-state index in [1.165, 1.54) is 32.0 Å². The quantitative estimate of drug-likeness (QED) is 0.143. The van der Waals surface area contributed by atoms with Crippen molar-refractivity contribution >= 4 is 54.5 Å². The van der Waals surface area contributed by atoms with E-state index < -0.39 is 0 Å². The maximum atomic E-state index is 10.4. The molecule has 8 aromatic rings. The first-order valence-electron chi connectivity index (χ1n) is 22.5. The van der Waals surface area contributed by atoms with Gasteiger partial charge in [0.05, 0.1) is 95.0 Å². The lowest BCUT2D eigenvalue weighted by Crippen LogP contribution is -2.57. The van der Waals surface area contributed by atoms with Crippen molar-refractivity contribution in [2.24, 2.45) is 0 Å². The van der Waals surface area contributed by atoms with Gasteiger partial charge in [-0.3, -0.25) is 4.90 Å². The van der Waals surface area contributed by atoms with Crippen molar-refractivity contribution in [3.05, 3.63) is 117 Å². The molecule has 3 aliphatic rings. The lowest BCUT2D eigenvalue weighted by atomic mass is 10.1. The van der Waals surface area contributed by atoms with Crippen molar-refractivity contribution in [3.63, 3.8) is 0 Å². The molecule has 15 heteroatoms. The lowest BCUT2D eigenvalue weighted by molar-refractivity contribution is -0.0890. The van der Waals surface area contributed by atoms with Crippen LogP contribution in [0.3, 0.4) is 0 Å². The van der Waals surface area contributed by atoms with E-state index in [0.717, 1.165) is 98.7 Å². The molecular formula is C50H53N9O4S2. The van der Waals surface area contributed by atoms with Gasteiger partial charge in [0.2, 0.25) is 0 Å². The number of thiophene rings is 2. The zero-order valence-corrected chi connectivity index (χ0v) is 38.9. The fraction of sp³-hybridized carbons (Fsp3) is 0.360. The molecule has 0 aliphatic carbocycles. The summed E-state index contributed by atoms with van der Waals surface area (Å²) in [4.78, 5) is 20.2. The minimum Gasteiger partial charge on any atom is -0.391 e. The second kappa shape index (κ2) is 17.7. The molecule has 13 nitrogen and oxygen atoms in total. The van der Waals surface area contributed by atoms with Crippen LogP contribution in [0.5, 0.6) is 0 Å². The van der Waals surface area contributed by atoms with Crippen LogP contribution in [0.15, 0.2) is 85.2 Å². The molecule has 2 unspecified atom stereocenters. The number of anilines is 2. The standard InChI is InChI=1S/C50H53N9O4S2/c1-31-7-5-9-35(23-31)37-11-13-58(53-37)45-25-39(55-15-19-61-20-16-55)49-47(51-45)33(3)43(64-49)28-57-17-21-62-30-41(57)42-27-56(18-22-63-42)40-26-46(52-48-34(4)44(29-60)65-50(40)48)59-14-12-38(54-59)36-10-6-8-32(2)24-36/h5-14,23-26,41-42,60H,15-22,27-30H2,1-4H3. The number of ether oxygens (including phenoxy) is 3. The summed E-state index contributed by atoms with van der Waals surface area (Å²) in [5, 5.41) is 20.4. The summed E-state index contributed by atoms with van der Waals surface area (Å²) in [7, 11) is 0. The molecule has 0 spiro atoms. The molecule has 3 aliphatic heterocycles. The smallest absolute Gasteiger partial charge is 0.156 e. The van der Waals surface area contributed by atoms with Gasteiger partial charge in [0.1, 0.15) is 0 Å². The van der Waals surface area contributed by atoms with Gasteiger partial charge < -0.3 is 29.1 Å². The Morgan fingerprint density at radius 1 is 0.646 bits per heavy atom. The largest absolute Gasteiger partial charge is 0.391 e. The first-order valence-corrected chi connectivity index (χ1v) is 24.2. The number of nitrogens with zero attached hydrogens (tertiary/aromatic N) is 9. The highest BCUT2D eigenvalue weighted by Gasteiger charge is 2.36.